The van der Waals surface area contributed by atoms with Gasteiger partial charge in [0.1, 0.15) is 12.3 Å². The molecule has 4 rings (SSSR count). The van der Waals surface area contributed by atoms with Crippen LogP contribution in [-0.4, -0.2) is 64.4 Å². The Kier molecular flexibility index (Phi) is 5.28. The molecule has 1 aromatic carbocycles. The lowest BCUT2D eigenvalue weighted by Gasteiger charge is -2.27. The summed E-state index contributed by atoms with van der Waals surface area (Å²) in [6.07, 6.45) is 1.58. The summed E-state index contributed by atoms with van der Waals surface area (Å²) in [5.74, 6) is -2.29. The van der Waals surface area contributed by atoms with E-state index in [0.29, 0.717) is 17.0 Å². The lowest BCUT2D eigenvalue weighted by molar-refractivity contribution is -0.143. The number of benzene rings is 1. The molecule has 0 aliphatic carbocycles. The number of rotatable bonds is 5. The number of aliphatic carboxylic acids is 1. The van der Waals surface area contributed by atoms with Crippen molar-refractivity contribution in [3.05, 3.63) is 51.8 Å². The maximum atomic E-state index is 13.8. The molecule has 172 valence electrons. The molecule has 1 saturated heterocycles. The van der Waals surface area contributed by atoms with E-state index in [1.807, 2.05) is 6.92 Å². The van der Waals surface area contributed by atoms with Gasteiger partial charge in [0, 0.05) is 35.0 Å². The number of anilines is 1. The first-order valence-corrected chi connectivity index (χ1v) is 10.4. The highest BCUT2D eigenvalue weighted by Crippen LogP contribution is 2.49. The Morgan fingerprint density at radius 2 is 1.85 bits per heavy atom. The van der Waals surface area contributed by atoms with E-state index in [4.69, 9.17) is 16.3 Å². The molecule has 0 saturated carbocycles. The summed E-state index contributed by atoms with van der Waals surface area (Å²) in [5, 5.41) is 9.56. The van der Waals surface area contributed by atoms with Gasteiger partial charge in [-0.1, -0.05) is 11.6 Å². The molecule has 11 heteroatoms. The zero-order valence-corrected chi connectivity index (χ0v) is 19.1. The first kappa shape index (κ1) is 22.5. The third kappa shape index (κ3) is 3.05. The van der Waals surface area contributed by atoms with Gasteiger partial charge in [-0.15, -0.1) is 0 Å². The Hall–Kier alpha value is -3.66. The number of aryl methyl sites for hydroxylation is 1. The van der Waals surface area contributed by atoms with Crippen LogP contribution in [0.4, 0.5) is 10.5 Å². The van der Waals surface area contributed by atoms with Gasteiger partial charge in [0.25, 0.3) is 11.8 Å². The van der Waals surface area contributed by atoms with Crippen LogP contribution in [0.1, 0.15) is 22.4 Å². The molecule has 1 N–H and O–H groups in total. The average molecular weight is 473 g/mol. The van der Waals surface area contributed by atoms with Crippen LogP contribution in [0.25, 0.3) is 0 Å². The van der Waals surface area contributed by atoms with E-state index in [-0.39, 0.29) is 22.8 Å². The molecule has 1 aromatic heterocycles. The Morgan fingerprint density at radius 3 is 2.48 bits per heavy atom. The standard InChI is InChI=1S/C22H21ClN4O6/c1-11-8-24-15(12(2)18(11)33-4)9-27-20(31)22(25(3)21(27)32)14-7-13(23)5-6-16(14)26(19(22)30)10-17(28)29/h5-8H,9-10H2,1-4H3,(H,28,29)/t22-/m1/s1. The van der Waals surface area contributed by atoms with Crippen LogP contribution in [0.5, 0.6) is 5.75 Å². The molecular weight excluding hydrogens is 452 g/mol. The molecule has 2 aromatic rings. The number of likely N-dealkylation sites (N-methyl/N-ethyl adjacent to an activating group) is 1. The highest BCUT2D eigenvalue weighted by atomic mass is 35.5. The maximum absolute atomic E-state index is 13.8. The smallest absolute Gasteiger partial charge is 0.328 e. The highest BCUT2D eigenvalue weighted by Gasteiger charge is 2.67. The second-order valence-corrected chi connectivity index (χ2v) is 8.37. The maximum Gasteiger partial charge on any atom is 0.328 e. The number of amides is 4. The summed E-state index contributed by atoms with van der Waals surface area (Å²) in [6, 6.07) is 3.67. The number of nitrogens with zero attached hydrogens (tertiary/aromatic N) is 4. The van der Waals surface area contributed by atoms with Crippen molar-refractivity contribution in [3.63, 3.8) is 0 Å². The normalized spacial score (nSPS) is 19.7. The van der Waals surface area contributed by atoms with E-state index in [1.165, 1.54) is 32.4 Å². The van der Waals surface area contributed by atoms with E-state index in [0.717, 1.165) is 20.3 Å². The van der Waals surface area contributed by atoms with Crippen molar-refractivity contribution in [2.75, 3.05) is 25.6 Å². The van der Waals surface area contributed by atoms with Crippen molar-refractivity contribution in [3.8, 4) is 5.75 Å². The van der Waals surface area contributed by atoms with Gasteiger partial charge < -0.3 is 14.7 Å². The summed E-state index contributed by atoms with van der Waals surface area (Å²) in [6.45, 7) is 2.74. The molecule has 0 radical (unpaired) electrons. The molecular formula is C22H21ClN4O6. The van der Waals surface area contributed by atoms with E-state index >= 15 is 0 Å². The molecule has 4 amide bonds. The minimum Gasteiger partial charge on any atom is -0.496 e. The molecule has 0 unspecified atom stereocenters. The van der Waals surface area contributed by atoms with Gasteiger partial charge in [-0.05, 0) is 32.0 Å². The van der Waals surface area contributed by atoms with Gasteiger partial charge in [-0.3, -0.25) is 29.2 Å². The molecule has 1 fully saturated rings. The second kappa shape index (κ2) is 7.73. The number of methoxy groups -OCH3 is 1. The largest absolute Gasteiger partial charge is 0.496 e. The number of urea groups is 1. The number of carboxylic acid groups (broad SMARTS) is 1. The lowest BCUT2D eigenvalue weighted by Crippen LogP contribution is -2.53. The summed E-state index contributed by atoms with van der Waals surface area (Å²) < 4.78 is 5.41. The second-order valence-electron chi connectivity index (χ2n) is 7.94. The average Bonchev–Trinajstić information content (AvgIpc) is 3.10. The number of carbonyl (C=O) groups is 4. The van der Waals surface area contributed by atoms with E-state index in [9.17, 15) is 24.3 Å². The van der Waals surface area contributed by atoms with Gasteiger partial charge in [-0.2, -0.15) is 0 Å². The van der Waals surface area contributed by atoms with Gasteiger partial charge in [0.2, 0.25) is 5.54 Å². The zero-order chi connectivity index (χ0) is 24.2. The van der Waals surface area contributed by atoms with Crippen LogP contribution in [0.3, 0.4) is 0 Å². The third-order valence-corrected chi connectivity index (χ3v) is 6.36. The van der Waals surface area contributed by atoms with Crippen molar-refractivity contribution in [1.29, 1.82) is 0 Å². The lowest BCUT2D eigenvalue weighted by atomic mass is 9.90. The molecule has 33 heavy (non-hydrogen) atoms. The van der Waals surface area contributed by atoms with Crippen LogP contribution in [0, 0.1) is 13.8 Å². The molecule has 2 aliphatic rings. The van der Waals surface area contributed by atoms with Crippen LogP contribution in [-0.2, 0) is 26.5 Å². The quantitative estimate of drug-likeness (QED) is 0.522. The molecule has 10 nitrogen and oxygen atoms in total. The Morgan fingerprint density at radius 1 is 1.18 bits per heavy atom. The first-order chi connectivity index (χ1) is 15.5. The Labute approximate surface area is 194 Å². The fraction of sp³-hybridized carbons (Fsp3) is 0.318. The fourth-order valence-corrected chi connectivity index (χ4v) is 4.72. The zero-order valence-electron chi connectivity index (χ0n) is 18.4. The van der Waals surface area contributed by atoms with Crippen molar-refractivity contribution < 1.29 is 29.0 Å². The number of hydrogen-bond donors (Lipinski definition) is 1. The number of ether oxygens (including phenoxy) is 1. The van der Waals surface area contributed by atoms with Gasteiger partial charge in [0.05, 0.1) is 25.0 Å². The molecule has 2 aliphatic heterocycles. The number of imide groups is 1. The molecule has 1 spiro atoms. The van der Waals surface area contributed by atoms with Gasteiger partial charge in [-0.25, -0.2) is 4.79 Å². The topological polar surface area (TPSA) is 120 Å². The Balaban J connectivity index is 1.83. The minimum atomic E-state index is -2.05. The predicted molar refractivity (Wildman–Crippen MR) is 117 cm³/mol. The fourth-order valence-electron chi connectivity index (χ4n) is 4.55. The van der Waals surface area contributed by atoms with Crippen molar-refractivity contribution in [2.24, 2.45) is 0 Å². The summed E-state index contributed by atoms with van der Waals surface area (Å²) in [4.78, 5) is 59.3. The van der Waals surface area contributed by atoms with Crippen molar-refractivity contribution in [2.45, 2.75) is 25.9 Å². The summed E-state index contributed by atoms with van der Waals surface area (Å²) in [5.41, 5.74) is 0.225. The Bertz CT molecular complexity index is 1230. The van der Waals surface area contributed by atoms with Crippen LogP contribution in [0.2, 0.25) is 5.02 Å². The third-order valence-electron chi connectivity index (χ3n) is 6.12. The van der Waals surface area contributed by atoms with E-state index < -0.39 is 35.9 Å². The number of carboxylic acids is 1. The number of halogens is 1. The summed E-state index contributed by atoms with van der Waals surface area (Å²) >= 11 is 6.15. The van der Waals surface area contributed by atoms with E-state index in [1.54, 1.807) is 13.1 Å². The first-order valence-electron chi connectivity index (χ1n) is 9.98. The summed E-state index contributed by atoms with van der Waals surface area (Å²) in [7, 11) is 2.85. The number of carbonyl (C=O) groups excluding carboxylic acids is 3. The van der Waals surface area contributed by atoms with Gasteiger partial charge >= 0.3 is 12.0 Å². The number of pyridine rings is 1. The highest BCUT2D eigenvalue weighted by molar-refractivity contribution is 6.32. The number of aromatic nitrogens is 1. The molecule has 0 bridgehead atoms. The minimum absolute atomic E-state index is 0.163. The predicted octanol–water partition coefficient (Wildman–Crippen LogP) is 2.08. The van der Waals surface area contributed by atoms with Crippen LogP contribution < -0.4 is 9.64 Å². The van der Waals surface area contributed by atoms with Gasteiger partial charge in [0.15, 0.2) is 0 Å². The number of fused-ring (bicyclic) bond motifs is 2. The van der Waals surface area contributed by atoms with E-state index in [2.05, 4.69) is 4.98 Å². The van der Waals surface area contributed by atoms with Crippen molar-refractivity contribution >= 4 is 41.1 Å². The van der Waals surface area contributed by atoms with Crippen LogP contribution >= 0.6 is 11.6 Å². The number of hydrogen-bond acceptors (Lipinski definition) is 6. The van der Waals surface area contributed by atoms with Crippen molar-refractivity contribution in [1.82, 2.24) is 14.8 Å². The molecule has 1 atom stereocenters. The SMILES string of the molecule is COc1c(C)cnc(CN2C(=O)N(C)[C@@]3(C2=O)C(=O)N(CC(=O)O)c2ccc(Cl)cc23)c1C. The van der Waals surface area contributed by atoms with Crippen LogP contribution in [0.15, 0.2) is 24.4 Å². The molecule has 3 heterocycles. The monoisotopic (exact) mass is 472 g/mol.